The molecule has 3 aliphatic rings. The molecule has 3 heterocycles. The third-order valence-corrected chi connectivity index (χ3v) is 4.05. The van der Waals surface area contributed by atoms with Gasteiger partial charge in [0.05, 0.1) is 5.92 Å². The maximum absolute atomic E-state index is 5.41. The van der Waals surface area contributed by atoms with E-state index < -0.39 is 0 Å². The molecular weight excluding hydrogens is 190 g/mol. The zero-order valence-electron chi connectivity index (χ0n) is 8.72. The van der Waals surface area contributed by atoms with Gasteiger partial charge in [-0.3, -0.25) is 0 Å². The van der Waals surface area contributed by atoms with Crippen LogP contribution in [-0.4, -0.2) is 34.7 Å². The zero-order valence-corrected chi connectivity index (χ0v) is 8.72. The fourth-order valence-corrected chi connectivity index (χ4v) is 2.97. The summed E-state index contributed by atoms with van der Waals surface area (Å²) in [5.41, 5.74) is 0. The van der Waals surface area contributed by atoms with Crippen molar-refractivity contribution >= 4 is 0 Å². The van der Waals surface area contributed by atoms with Crippen LogP contribution in [0.25, 0.3) is 0 Å². The lowest BCUT2D eigenvalue weighted by Crippen LogP contribution is -2.22. The van der Waals surface area contributed by atoms with Crippen LogP contribution in [0.15, 0.2) is 4.52 Å². The Morgan fingerprint density at radius 2 is 2.13 bits per heavy atom. The Bertz CT molecular complexity index is 385. The zero-order chi connectivity index (χ0) is 9.83. The van der Waals surface area contributed by atoms with E-state index in [0.29, 0.717) is 11.8 Å². The van der Waals surface area contributed by atoms with Crippen molar-refractivity contribution in [2.75, 3.05) is 19.6 Å². The summed E-state index contributed by atoms with van der Waals surface area (Å²) in [6, 6.07) is 0. The van der Waals surface area contributed by atoms with Crippen LogP contribution < -0.4 is 0 Å². The first-order chi connectivity index (χ1) is 7.40. The molecule has 1 aromatic rings. The van der Waals surface area contributed by atoms with Gasteiger partial charge in [-0.2, -0.15) is 4.98 Å². The SMILES string of the molecule is C1CC1c1noc([C@H]2CN3CC[C@H]2C3)n1. The molecule has 3 atom stereocenters. The molecule has 1 saturated carbocycles. The van der Waals surface area contributed by atoms with E-state index in [1.807, 2.05) is 0 Å². The molecule has 0 amide bonds. The topological polar surface area (TPSA) is 42.2 Å². The lowest BCUT2D eigenvalue weighted by Gasteiger charge is -2.17. The Kier molecular flexibility index (Phi) is 1.55. The second kappa shape index (κ2) is 2.82. The van der Waals surface area contributed by atoms with E-state index in [1.54, 1.807) is 0 Å². The minimum atomic E-state index is 0.527. The Hall–Kier alpha value is -0.900. The van der Waals surface area contributed by atoms with Crippen LogP contribution in [0.2, 0.25) is 0 Å². The first-order valence-corrected chi connectivity index (χ1v) is 5.96. The molecule has 0 radical (unpaired) electrons. The smallest absolute Gasteiger partial charge is 0.231 e. The number of piperidine rings is 1. The first-order valence-electron chi connectivity index (χ1n) is 5.96. The second-order valence-electron chi connectivity index (χ2n) is 5.18. The average Bonchev–Trinajstić information content (AvgIpc) is 2.74. The van der Waals surface area contributed by atoms with E-state index in [1.165, 1.54) is 32.4 Å². The summed E-state index contributed by atoms with van der Waals surface area (Å²) in [6.07, 6.45) is 3.81. The quantitative estimate of drug-likeness (QED) is 0.731. The van der Waals surface area contributed by atoms with Crippen LogP contribution in [0.5, 0.6) is 0 Å². The Labute approximate surface area is 88.6 Å². The van der Waals surface area contributed by atoms with Gasteiger partial charge in [0.15, 0.2) is 5.82 Å². The predicted molar refractivity (Wildman–Crippen MR) is 53.6 cm³/mol. The van der Waals surface area contributed by atoms with Gasteiger partial charge >= 0.3 is 0 Å². The van der Waals surface area contributed by atoms with E-state index in [9.17, 15) is 0 Å². The summed E-state index contributed by atoms with van der Waals surface area (Å²) in [6.45, 7) is 3.65. The largest absolute Gasteiger partial charge is 0.339 e. The second-order valence-corrected chi connectivity index (χ2v) is 5.18. The van der Waals surface area contributed by atoms with E-state index in [0.717, 1.165) is 24.2 Å². The summed E-state index contributed by atoms with van der Waals surface area (Å²) in [7, 11) is 0. The number of nitrogens with zero attached hydrogens (tertiary/aromatic N) is 3. The van der Waals surface area contributed by atoms with Crippen LogP contribution >= 0.6 is 0 Å². The highest BCUT2D eigenvalue weighted by Crippen LogP contribution is 2.42. The molecule has 15 heavy (non-hydrogen) atoms. The molecule has 4 rings (SSSR count). The average molecular weight is 205 g/mol. The molecule has 4 nitrogen and oxygen atoms in total. The van der Waals surface area contributed by atoms with Crippen LogP contribution in [0.3, 0.4) is 0 Å². The highest BCUT2D eigenvalue weighted by molar-refractivity contribution is 5.09. The monoisotopic (exact) mass is 205 g/mol. The number of hydrogen-bond acceptors (Lipinski definition) is 4. The van der Waals surface area contributed by atoms with Crippen molar-refractivity contribution in [3.05, 3.63) is 11.7 Å². The van der Waals surface area contributed by atoms with Crippen molar-refractivity contribution in [2.45, 2.75) is 31.1 Å². The van der Waals surface area contributed by atoms with Crippen molar-refractivity contribution in [1.29, 1.82) is 0 Å². The van der Waals surface area contributed by atoms with Gasteiger partial charge < -0.3 is 9.42 Å². The molecule has 1 aliphatic carbocycles. The van der Waals surface area contributed by atoms with Gasteiger partial charge in [-0.15, -0.1) is 0 Å². The maximum Gasteiger partial charge on any atom is 0.231 e. The summed E-state index contributed by atoms with van der Waals surface area (Å²) in [4.78, 5) is 7.08. The van der Waals surface area contributed by atoms with Gasteiger partial charge in [-0.25, -0.2) is 0 Å². The molecule has 1 aromatic heterocycles. The van der Waals surface area contributed by atoms with Crippen LogP contribution in [0, 0.1) is 5.92 Å². The molecule has 80 valence electrons. The highest BCUT2D eigenvalue weighted by Gasteiger charge is 2.42. The van der Waals surface area contributed by atoms with Gasteiger partial charge in [0, 0.05) is 19.0 Å². The molecular formula is C11H15N3O. The lowest BCUT2D eigenvalue weighted by molar-refractivity contribution is 0.288. The minimum Gasteiger partial charge on any atom is -0.339 e. The van der Waals surface area contributed by atoms with E-state index >= 15 is 0 Å². The molecule has 1 unspecified atom stereocenters. The molecule has 3 fully saturated rings. The van der Waals surface area contributed by atoms with E-state index in [4.69, 9.17) is 4.52 Å². The van der Waals surface area contributed by atoms with Gasteiger partial charge in [0.25, 0.3) is 0 Å². The molecule has 2 aliphatic heterocycles. The third-order valence-electron chi connectivity index (χ3n) is 4.05. The molecule has 2 saturated heterocycles. The van der Waals surface area contributed by atoms with Gasteiger partial charge in [0.1, 0.15) is 0 Å². The Morgan fingerprint density at radius 3 is 2.80 bits per heavy atom. The Morgan fingerprint density at radius 1 is 1.20 bits per heavy atom. The summed E-state index contributed by atoms with van der Waals surface area (Å²) >= 11 is 0. The number of aromatic nitrogens is 2. The van der Waals surface area contributed by atoms with E-state index in [2.05, 4.69) is 15.0 Å². The normalized spacial score (nSPS) is 38.8. The summed E-state index contributed by atoms with van der Waals surface area (Å²) < 4.78 is 5.41. The number of rotatable bonds is 2. The Balaban J connectivity index is 1.60. The first kappa shape index (κ1) is 8.28. The lowest BCUT2D eigenvalue weighted by atomic mass is 9.93. The third kappa shape index (κ3) is 1.24. The maximum atomic E-state index is 5.41. The summed E-state index contributed by atoms with van der Waals surface area (Å²) in [5, 5.41) is 4.10. The molecule has 0 spiro atoms. The van der Waals surface area contributed by atoms with Crippen molar-refractivity contribution in [1.82, 2.24) is 15.0 Å². The summed E-state index contributed by atoms with van der Waals surface area (Å²) in [5.74, 6) is 3.78. The van der Waals surface area contributed by atoms with Crippen LogP contribution in [0.1, 0.15) is 42.8 Å². The molecule has 4 heteroatoms. The van der Waals surface area contributed by atoms with Crippen molar-refractivity contribution in [2.24, 2.45) is 5.92 Å². The molecule has 0 N–H and O–H groups in total. The van der Waals surface area contributed by atoms with Gasteiger partial charge in [0.2, 0.25) is 5.89 Å². The van der Waals surface area contributed by atoms with Crippen molar-refractivity contribution in [3.8, 4) is 0 Å². The van der Waals surface area contributed by atoms with Crippen molar-refractivity contribution < 1.29 is 4.52 Å². The number of fused-ring (bicyclic) bond motifs is 2. The number of hydrogen-bond donors (Lipinski definition) is 0. The fraction of sp³-hybridized carbons (Fsp3) is 0.818. The van der Waals surface area contributed by atoms with Crippen LogP contribution in [0.4, 0.5) is 0 Å². The predicted octanol–water partition coefficient (Wildman–Crippen LogP) is 1.37. The standard InChI is InChI=1S/C11H15N3O/c1-2-7(1)10-12-11(15-13-10)9-6-14-4-3-8(9)5-14/h7-9H,1-6H2/t8-,9-/m0/s1. The molecule has 2 bridgehead atoms. The highest BCUT2D eigenvalue weighted by atomic mass is 16.5. The molecule has 0 aromatic carbocycles. The van der Waals surface area contributed by atoms with Crippen LogP contribution in [-0.2, 0) is 0 Å². The van der Waals surface area contributed by atoms with Gasteiger partial charge in [-0.1, -0.05) is 5.16 Å². The minimum absolute atomic E-state index is 0.527. The van der Waals surface area contributed by atoms with E-state index in [-0.39, 0.29) is 0 Å². The van der Waals surface area contributed by atoms with Gasteiger partial charge in [-0.05, 0) is 31.7 Å². The fourth-order valence-electron chi connectivity index (χ4n) is 2.97. The van der Waals surface area contributed by atoms with Crippen molar-refractivity contribution in [3.63, 3.8) is 0 Å².